The Morgan fingerprint density at radius 1 is 1.14 bits per heavy atom. The van der Waals surface area contributed by atoms with Crippen molar-refractivity contribution in [1.29, 1.82) is 0 Å². The van der Waals surface area contributed by atoms with Crippen molar-refractivity contribution in [2.24, 2.45) is 0 Å². The molecule has 0 radical (unpaired) electrons. The molecule has 0 saturated carbocycles. The predicted octanol–water partition coefficient (Wildman–Crippen LogP) is -2.34. The minimum absolute atomic E-state index is 0. The van der Waals surface area contributed by atoms with Gasteiger partial charge >= 0.3 is 29.6 Å². The maximum atomic E-state index is 10.5. The van der Waals surface area contributed by atoms with Gasteiger partial charge in [0.1, 0.15) is 10.1 Å². The van der Waals surface area contributed by atoms with Crippen LogP contribution in [0.1, 0.15) is 0 Å². The van der Waals surface area contributed by atoms with Crippen molar-refractivity contribution in [3.05, 3.63) is 24.3 Å². The molecule has 72 valence electrons. The molecule has 0 spiro atoms. The molecule has 0 N–H and O–H groups in total. The topological polar surface area (TPSA) is 60.4 Å². The van der Waals surface area contributed by atoms with Crippen molar-refractivity contribution in [2.75, 3.05) is 19.0 Å². The second-order valence-corrected chi connectivity index (χ2v) is 4.22. The molecular formula is C8H10NNaO3S. The Balaban J connectivity index is 0.00000169. The van der Waals surface area contributed by atoms with Crippen LogP contribution in [0.25, 0.3) is 0 Å². The van der Waals surface area contributed by atoms with E-state index in [0.29, 0.717) is 0 Å². The first-order chi connectivity index (χ1) is 5.91. The number of hydrogen-bond donors (Lipinski definition) is 0. The molecule has 0 amide bonds. The Morgan fingerprint density at radius 2 is 1.57 bits per heavy atom. The summed E-state index contributed by atoms with van der Waals surface area (Å²) >= 11 is 0. The average molecular weight is 223 g/mol. The van der Waals surface area contributed by atoms with Gasteiger partial charge in [0.05, 0.1) is 4.90 Å². The van der Waals surface area contributed by atoms with E-state index in [1.807, 2.05) is 19.0 Å². The molecule has 0 heterocycles. The van der Waals surface area contributed by atoms with Crippen LogP contribution in [0.3, 0.4) is 0 Å². The summed E-state index contributed by atoms with van der Waals surface area (Å²) in [5, 5.41) is 0. The predicted molar refractivity (Wildman–Crippen MR) is 48.7 cm³/mol. The molecule has 0 bridgehead atoms. The van der Waals surface area contributed by atoms with Crippen molar-refractivity contribution < 1.29 is 42.5 Å². The maximum absolute atomic E-state index is 10.5. The van der Waals surface area contributed by atoms with Gasteiger partial charge in [-0.25, -0.2) is 8.42 Å². The quantitative estimate of drug-likeness (QED) is 0.416. The number of benzene rings is 1. The summed E-state index contributed by atoms with van der Waals surface area (Å²) in [6.45, 7) is 0. The molecule has 1 aromatic rings. The third kappa shape index (κ3) is 3.59. The summed E-state index contributed by atoms with van der Waals surface area (Å²) in [7, 11) is -0.646. The molecule has 1 rings (SSSR count). The van der Waals surface area contributed by atoms with Crippen molar-refractivity contribution in [1.82, 2.24) is 0 Å². The Labute approximate surface area is 106 Å². The van der Waals surface area contributed by atoms with Crippen molar-refractivity contribution >= 4 is 15.8 Å². The van der Waals surface area contributed by atoms with Crippen LogP contribution in [0.15, 0.2) is 29.2 Å². The van der Waals surface area contributed by atoms with Crippen molar-refractivity contribution in [3.8, 4) is 0 Å². The van der Waals surface area contributed by atoms with Gasteiger partial charge in [-0.05, 0) is 24.3 Å². The molecule has 0 atom stereocenters. The standard InChI is InChI=1S/C8H11NO3S.Na/c1-9(2)7-3-5-8(6-4-7)13(10,11)12;/h3-6H,1-2H3,(H,10,11,12);/q;+1/p-1. The number of nitrogens with zero attached hydrogens (tertiary/aromatic N) is 1. The number of hydrogen-bond acceptors (Lipinski definition) is 4. The fourth-order valence-corrected chi connectivity index (χ4v) is 1.38. The van der Waals surface area contributed by atoms with Gasteiger partial charge in [0, 0.05) is 19.8 Å². The molecule has 1 aromatic carbocycles. The number of anilines is 1. The summed E-state index contributed by atoms with van der Waals surface area (Å²) in [5.41, 5.74) is 0.854. The van der Waals surface area contributed by atoms with Gasteiger partial charge < -0.3 is 9.45 Å². The molecule has 0 aliphatic carbocycles. The molecule has 0 unspecified atom stereocenters. The Bertz CT molecular complexity index is 386. The van der Waals surface area contributed by atoms with Gasteiger partial charge in [0.25, 0.3) is 0 Å². The minimum Gasteiger partial charge on any atom is -0.744 e. The molecule has 0 aromatic heterocycles. The van der Waals surface area contributed by atoms with Crippen LogP contribution in [0.2, 0.25) is 0 Å². The second-order valence-electron chi connectivity index (χ2n) is 2.84. The fraction of sp³-hybridized carbons (Fsp3) is 0.250. The third-order valence-corrected chi connectivity index (χ3v) is 2.49. The zero-order valence-corrected chi connectivity index (χ0v) is 11.2. The first kappa shape index (κ1) is 13.9. The normalized spacial score (nSPS) is 10.5. The molecule has 14 heavy (non-hydrogen) atoms. The van der Waals surface area contributed by atoms with E-state index in [1.54, 1.807) is 12.1 Å². The van der Waals surface area contributed by atoms with Crippen LogP contribution in [-0.4, -0.2) is 27.1 Å². The maximum Gasteiger partial charge on any atom is 1.00 e. The Morgan fingerprint density at radius 3 is 1.86 bits per heavy atom. The first-order valence-corrected chi connectivity index (χ1v) is 5.05. The van der Waals surface area contributed by atoms with Gasteiger partial charge in [0.15, 0.2) is 0 Å². The molecule has 0 saturated heterocycles. The summed E-state index contributed by atoms with van der Waals surface area (Å²) in [6.07, 6.45) is 0. The molecule has 4 nitrogen and oxygen atoms in total. The van der Waals surface area contributed by atoms with E-state index in [1.165, 1.54) is 12.1 Å². The smallest absolute Gasteiger partial charge is 0.744 e. The Kier molecular flexibility index (Phi) is 5.11. The van der Waals surface area contributed by atoms with Gasteiger partial charge in [-0.1, -0.05) is 0 Å². The van der Waals surface area contributed by atoms with Crippen LogP contribution in [0, 0.1) is 0 Å². The largest absolute Gasteiger partial charge is 1.00 e. The zero-order chi connectivity index (χ0) is 10.1. The van der Waals surface area contributed by atoms with Gasteiger partial charge in [-0.3, -0.25) is 0 Å². The summed E-state index contributed by atoms with van der Waals surface area (Å²) < 4.78 is 31.6. The van der Waals surface area contributed by atoms with E-state index >= 15 is 0 Å². The van der Waals surface area contributed by atoms with E-state index in [-0.39, 0.29) is 34.5 Å². The van der Waals surface area contributed by atoms with Crippen LogP contribution in [0.5, 0.6) is 0 Å². The van der Waals surface area contributed by atoms with Gasteiger partial charge in [-0.2, -0.15) is 0 Å². The fourth-order valence-electron chi connectivity index (χ4n) is 0.911. The van der Waals surface area contributed by atoms with Crippen LogP contribution in [0.4, 0.5) is 5.69 Å². The third-order valence-electron chi connectivity index (χ3n) is 1.64. The molecular weight excluding hydrogens is 213 g/mol. The first-order valence-electron chi connectivity index (χ1n) is 3.64. The SMILES string of the molecule is CN(C)c1ccc(S(=O)(=O)[O-])cc1.[Na+]. The van der Waals surface area contributed by atoms with E-state index in [2.05, 4.69) is 0 Å². The van der Waals surface area contributed by atoms with Gasteiger partial charge in [0.2, 0.25) is 0 Å². The number of rotatable bonds is 2. The van der Waals surface area contributed by atoms with E-state index in [9.17, 15) is 13.0 Å². The van der Waals surface area contributed by atoms with Crippen molar-refractivity contribution in [3.63, 3.8) is 0 Å². The zero-order valence-electron chi connectivity index (χ0n) is 8.39. The molecule has 0 aliphatic rings. The van der Waals surface area contributed by atoms with E-state index in [4.69, 9.17) is 0 Å². The van der Waals surface area contributed by atoms with Gasteiger partial charge in [-0.15, -0.1) is 0 Å². The summed E-state index contributed by atoms with van der Waals surface area (Å²) in [4.78, 5) is 1.62. The molecule has 0 fully saturated rings. The van der Waals surface area contributed by atoms with E-state index in [0.717, 1.165) is 5.69 Å². The average Bonchev–Trinajstić information content (AvgIpc) is 2.03. The van der Waals surface area contributed by atoms with Crippen molar-refractivity contribution in [2.45, 2.75) is 4.90 Å². The van der Waals surface area contributed by atoms with Crippen LogP contribution < -0.4 is 34.5 Å². The Hall–Kier alpha value is -0.0700. The molecule has 6 heteroatoms. The second kappa shape index (κ2) is 5.14. The van der Waals surface area contributed by atoms with E-state index < -0.39 is 10.1 Å². The molecule has 0 aliphatic heterocycles. The minimum atomic E-state index is -4.31. The monoisotopic (exact) mass is 223 g/mol. The summed E-state index contributed by atoms with van der Waals surface area (Å²) in [6, 6.07) is 5.78. The van der Waals surface area contributed by atoms with Crippen LogP contribution >= 0.6 is 0 Å². The van der Waals surface area contributed by atoms with Crippen LogP contribution in [-0.2, 0) is 10.1 Å². The summed E-state index contributed by atoms with van der Waals surface area (Å²) in [5.74, 6) is 0.